The standard InChI is InChI=1S/C16H21BrN2O3/c1-16(2,3)22-15(20)19-14-10-13(21-9-5-4-8-17)7-6-12(14)11-18-19/h6-7,10-11H,4-5,8-9H2,1-3H3. The molecule has 1 heterocycles. The maximum absolute atomic E-state index is 12.2. The highest BCUT2D eigenvalue weighted by Crippen LogP contribution is 2.22. The van der Waals surface area contributed by atoms with Crippen LogP contribution < -0.4 is 4.74 Å². The van der Waals surface area contributed by atoms with Crippen molar-refractivity contribution in [1.82, 2.24) is 9.78 Å². The first kappa shape index (κ1) is 16.8. The van der Waals surface area contributed by atoms with E-state index < -0.39 is 11.7 Å². The van der Waals surface area contributed by atoms with Gasteiger partial charge in [-0.05, 0) is 45.7 Å². The maximum Gasteiger partial charge on any atom is 0.435 e. The number of hydrogen-bond donors (Lipinski definition) is 0. The Bertz CT molecular complexity index is 646. The van der Waals surface area contributed by atoms with Crippen molar-refractivity contribution in [1.29, 1.82) is 0 Å². The van der Waals surface area contributed by atoms with Gasteiger partial charge in [-0.3, -0.25) is 0 Å². The lowest BCUT2D eigenvalue weighted by atomic mass is 10.2. The van der Waals surface area contributed by atoms with Crippen LogP contribution in [0.1, 0.15) is 33.6 Å². The van der Waals surface area contributed by atoms with E-state index >= 15 is 0 Å². The first-order chi connectivity index (χ1) is 10.4. The Morgan fingerprint density at radius 1 is 1.32 bits per heavy atom. The number of rotatable bonds is 5. The summed E-state index contributed by atoms with van der Waals surface area (Å²) in [6.45, 7) is 6.14. The van der Waals surface area contributed by atoms with E-state index in [0.717, 1.165) is 29.3 Å². The van der Waals surface area contributed by atoms with Crippen molar-refractivity contribution in [2.24, 2.45) is 0 Å². The molecule has 5 nitrogen and oxygen atoms in total. The highest BCUT2D eigenvalue weighted by atomic mass is 79.9. The zero-order valence-corrected chi connectivity index (χ0v) is 14.7. The second-order valence-electron chi connectivity index (χ2n) is 6.00. The quantitative estimate of drug-likeness (QED) is 0.580. The van der Waals surface area contributed by atoms with Crippen LogP contribution in [0.25, 0.3) is 10.9 Å². The number of carbonyl (C=O) groups is 1. The van der Waals surface area contributed by atoms with Crippen molar-refractivity contribution >= 4 is 32.9 Å². The van der Waals surface area contributed by atoms with E-state index in [-0.39, 0.29) is 0 Å². The Kier molecular flexibility index (Phi) is 5.45. The van der Waals surface area contributed by atoms with Gasteiger partial charge in [-0.1, -0.05) is 15.9 Å². The predicted molar refractivity (Wildman–Crippen MR) is 89.9 cm³/mol. The average molecular weight is 369 g/mol. The van der Waals surface area contributed by atoms with Crippen LogP contribution in [0.5, 0.6) is 5.75 Å². The highest BCUT2D eigenvalue weighted by molar-refractivity contribution is 9.09. The highest BCUT2D eigenvalue weighted by Gasteiger charge is 2.20. The third-order valence-corrected chi connectivity index (χ3v) is 3.47. The number of benzene rings is 1. The van der Waals surface area contributed by atoms with Crippen LogP contribution in [0.4, 0.5) is 4.79 Å². The summed E-state index contributed by atoms with van der Waals surface area (Å²) in [6.07, 6.45) is 3.21. The van der Waals surface area contributed by atoms with Crippen LogP contribution in [0.3, 0.4) is 0 Å². The van der Waals surface area contributed by atoms with Gasteiger partial charge in [0.05, 0.1) is 18.3 Å². The first-order valence-corrected chi connectivity index (χ1v) is 8.43. The summed E-state index contributed by atoms with van der Waals surface area (Å²) in [5.74, 6) is 0.729. The molecule has 0 aliphatic heterocycles. The van der Waals surface area contributed by atoms with Gasteiger partial charge in [-0.25, -0.2) is 4.79 Å². The van der Waals surface area contributed by atoms with Gasteiger partial charge in [0.1, 0.15) is 11.4 Å². The summed E-state index contributed by atoms with van der Waals surface area (Å²) in [6, 6.07) is 5.60. The topological polar surface area (TPSA) is 53.4 Å². The Balaban J connectivity index is 2.16. The number of alkyl halides is 1. The fraction of sp³-hybridized carbons (Fsp3) is 0.500. The van der Waals surface area contributed by atoms with E-state index in [1.807, 2.05) is 39.0 Å². The smallest absolute Gasteiger partial charge is 0.435 e. The van der Waals surface area contributed by atoms with Gasteiger partial charge in [0.2, 0.25) is 0 Å². The van der Waals surface area contributed by atoms with E-state index in [4.69, 9.17) is 9.47 Å². The minimum atomic E-state index is -0.556. The van der Waals surface area contributed by atoms with Crippen LogP contribution in [0.15, 0.2) is 24.4 Å². The SMILES string of the molecule is CC(C)(C)OC(=O)n1ncc2ccc(OCCCCBr)cc21. The number of aromatic nitrogens is 2. The zero-order chi connectivity index (χ0) is 16.2. The van der Waals surface area contributed by atoms with Crippen molar-refractivity contribution in [3.63, 3.8) is 0 Å². The molecule has 0 atom stereocenters. The summed E-state index contributed by atoms with van der Waals surface area (Å²) in [5.41, 5.74) is 0.131. The molecule has 0 spiro atoms. The van der Waals surface area contributed by atoms with Gasteiger partial charge in [-0.2, -0.15) is 9.78 Å². The summed E-state index contributed by atoms with van der Waals surface area (Å²) in [7, 11) is 0. The fourth-order valence-electron chi connectivity index (χ4n) is 1.93. The minimum absolute atomic E-state index is 0.487. The number of halogens is 1. The molecule has 120 valence electrons. The van der Waals surface area contributed by atoms with Gasteiger partial charge in [0.15, 0.2) is 0 Å². The second-order valence-corrected chi connectivity index (χ2v) is 6.79. The van der Waals surface area contributed by atoms with Crippen molar-refractivity contribution in [3.05, 3.63) is 24.4 Å². The molecule has 6 heteroatoms. The maximum atomic E-state index is 12.2. The third-order valence-electron chi connectivity index (χ3n) is 2.91. The molecule has 0 saturated heterocycles. The fourth-order valence-corrected chi connectivity index (χ4v) is 2.32. The number of hydrogen-bond acceptors (Lipinski definition) is 4. The van der Waals surface area contributed by atoms with E-state index in [2.05, 4.69) is 21.0 Å². The van der Waals surface area contributed by atoms with Crippen molar-refractivity contribution in [3.8, 4) is 5.75 Å². The lowest BCUT2D eigenvalue weighted by Gasteiger charge is -2.19. The summed E-state index contributed by atoms with van der Waals surface area (Å²) >= 11 is 3.39. The van der Waals surface area contributed by atoms with Crippen molar-refractivity contribution in [2.75, 3.05) is 11.9 Å². The number of unbranched alkanes of at least 4 members (excludes halogenated alkanes) is 1. The van der Waals surface area contributed by atoms with Crippen molar-refractivity contribution < 1.29 is 14.3 Å². The Hall–Kier alpha value is -1.56. The molecule has 2 rings (SSSR count). The van der Waals surface area contributed by atoms with Crippen LogP contribution in [-0.4, -0.2) is 33.4 Å². The molecule has 0 fully saturated rings. The van der Waals surface area contributed by atoms with Gasteiger partial charge < -0.3 is 9.47 Å². The summed E-state index contributed by atoms with van der Waals surface area (Å²) in [4.78, 5) is 12.2. The van der Waals surface area contributed by atoms with E-state index in [1.54, 1.807) is 6.20 Å². The molecule has 22 heavy (non-hydrogen) atoms. The molecule has 0 radical (unpaired) electrons. The molecule has 2 aromatic rings. The monoisotopic (exact) mass is 368 g/mol. The number of carbonyl (C=O) groups excluding carboxylic acids is 1. The minimum Gasteiger partial charge on any atom is -0.494 e. The van der Waals surface area contributed by atoms with Crippen LogP contribution >= 0.6 is 15.9 Å². The molecule has 0 N–H and O–H groups in total. The Morgan fingerprint density at radius 3 is 2.77 bits per heavy atom. The number of ether oxygens (including phenoxy) is 2. The Labute approximate surface area is 138 Å². The average Bonchev–Trinajstić information content (AvgIpc) is 2.85. The lowest BCUT2D eigenvalue weighted by molar-refractivity contribution is 0.0523. The molecule has 0 aliphatic rings. The van der Waals surface area contributed by atoms with Gasteiger partial charge in [-0.15, -0.1) is 0 Å². The molecule has 0 bridgehead atoms. The molecule has 0 saturated carbocycles. The molecular formula is C16H21BrN2O3. The molecule has 0 unspecified atom stereocenters. The second kappa shape index (κ2) is 7.13. The van der Waals surface area contributed by atoms with Gasteiger partial charge in [0.25, 0.3) is 0 Å². The first-order valence-electron chi connectivity index (χ1n) is 7.30. The van der Waals surface area contributed by atoms with E-state index in [9.17, 15) is 4.79 Å². The van der Waals surface area contributed by atoms with Crippen LogP contribution in [0, 0.1) is 0 Å². The van der Waals surface area contributed by atoms with Crippen molar-refractivity contribution in [2.45, 2.75) is 39.2 Å². The van der Waals surface area contributed by atoms with E-state index in [0.29, 0.717) is 12.1 Å². The number of nitrogens with zero attached hydrogens (tertiary/aromatic N) is 2. The van der Waals surface area contributed by atoms with Gasteiger partial charge >= 0.3 is 6.09 Å². The molecule has 1 aromatic carbocycles. The normalized spacial score (nSPS) is 11.6. The lowest BCUT2D eigenvalue weighted by Crippen LogP contribution is -2.27. The summed E-state index contributed by atoms with van der Waals surface area (Å²) in [5, 5.41) is 5.96. The van der Waals surface area contributed by atoms with Crippen LogP contribution in [0.2, 0.25) is 0 Å². The molecular weight excluding hydrogens is 348 g/mol. The van der Waals surface area contributed by atoms with E-state index in [1.165, 1.54) is 4.68 Å². The molecule has 1 aromatic heterocycles. The van der Waals surface area contributed by atoms with Crippen LogP contribution in [-0.2, 0) is 4.74 Å². The summed E-state index contributed by atoms with van der Waals surface area (Å²) < 4.78 is 12.3. The molecule has 0 amide bonds. The third kappa shape index (κ3) is 4.47. The number of fused-ring (bicyclic) bond motifs is 1. The Morgan fingerprint density at radius 2 is 2.09 bits per heavy atom. The van der Waals surface area contributed by atoms with Gasteiger partial charge in [0, 0.05) is 16.8 Å². The molecule has 0 aliphatic carbocycles. The zero-order valence-electron chi connectivity index (χ0n) is 13.1. The predicted octanol–water partition coefficient (Wildman–Crippen LogP) is 4.37. The largest absolute Gasteiger partial charge is 0.494 e.